The van der Waals surface area contributed by atoms with Crippen molar-refractivity contribution < 1.29 is 4.39 Å². The molecule has 0 atom stereocenters. The Hall–Kier alpha value is -2.73. The van der Waals surface area contributed by atoms with E-state index < -0.39 is 0 Å². The molecule has 5 nitrogen and oxygen atoms in total. The first-order chi connectivity index (χ1) is 12.2. The number of pyridine rings is 1. The van der Waals surface area contributed by atoms with Crippen LogP contribution in [0.25, 0.3) is 0 Å². The van der Waals surface area contributed by atoms with E-state index in [-0.39, 0.29) is 11.2 Å². The number of aromatic nitrogens is 3. The second-order valence-electron chi connectivity index (χ2n) is 5.89. The number of H-pyrrole nitrogens is 1. The van der Waals surface area contributed by atoms with Gasteiger partial charge in [0.25, 0.3) is 0 Å². The van der Waals surface area contributed by atoms with E-state index in [2.05, 4.69) is 26.8 Å². The van der Waals surface area contributed by atoms with E-state index in [1.165, 1.54) is 18.2 Å². The summed E-state index contributed by atoms with van der Waals surface area (Å²) in [6.45, 7) is 3.88. The van der Waals surface area contributed by atoms with E-state index in [1.54, 1.807) is 24.4 Å². The Bertz CT molecular complexity index is 883. The molecule has 3 rings (SSSR count). The van der Waals surface area contributed by atoms with Crippen molar-refractivity contribution in [3.63, 3.8) is 0 Å². The molecular formula is C19H21FN4O. The topological polar surface area (TPSA) is 62.7 Å². The van der Waals surface area contributed by atoms with Crippen molar-refractivity contribution in [2.24, 2.45) is 0 Å². The number of imidazole rings is 1. The fraction of sp³-hybridized carbons (Fsp3) is 0.263. The molecule has 0 aliphatic rings. The number of aryl methyl sites for hydroxylation is 1. The van der Waals surface area contributed by atoms with Gasteiger partial charge in [0, 0.05) is 49.0 Å². The molecule has 130 valence electrons. The maximum atomic E-state index is 13.1. The van der Waals surface area contributed by atoms with Gasteiger partial charge in [-0.3, -0.25) is 4.79 Å². The SMILES string of the molecule is CCc1cnc(CNCc2cc(=O)cc[nH]2)n1Cc1ccc(F)cc1. The van der Waals surface area contributed by atoms with Crippen LogP contribution in [0.2, 0.25) is 0 Å². The summed E-state index contributed by atoms with van der Waals surface area (Å²) in [6.07, 6.45) is 4.40. The molecule has 0 unspecified atom stereocenters. The maximum Gasteiger partial charge on any atom is 0.181 e. The third-order valence-corrected chi connectivity index (χ3v) is 4.07. The van der Waals surface area contributed by atoms with Crippen LogP contribution in [0.3, 0.4) is 0 Å². The Morgan fingerprint density at radius 1 is 1.20 bits per heavy atom. The lowest BCUT2D eigenvalue weighted by Gasteiger charge is -2.12. The largest absolute Gasteiger partial charge is 0.364 e. The highest BCUT2D eigenvalue weighted by atomic mass is 19.1. The first kappa shape index (κ1) is 17.1. The number of hydrogen-bond donors (Lipinski definition) is 2. The Morgan fingerprint density at radius 3 is 2.72 bits per heavy atom. The molecule has 0 amide bonds. The van der Waals surface area contributed by atoms with Gasteiger partial charge in [-0.15, -0.1) is 0 Å². The summed E-state index contributed by atoms with van der Waals surface area (Å²) in [5.74, 6) is 0.684. The summed E-state index contributed by atoms with van der Waals surface area (Å²) in [6, 6.07) is 9.60. The summed E-state index contributed by atoms with van der Waals surface area (Å²) in [5, 5.41) is 3.30. The highest BCUT2D eigenvalue weighted by molar-refractivity contribution is 5.19. The van der Waals surface area contributed by atoms with E-state index in [1.807, 2.05) is 6.20 Å². The van der Waals surface area contributed by atoms with Crippen LogP contribution in [0.4, 0.5) is 4.39 Å². The van der Waals surface area contributed by atoms with Gasteiger partial charge in [0.2, 0.25) is 0 Å². The molecule has 2 heterocycles. The van der Waals surface area contributed by atoms with Crippen LogP contribution in [0.5, 0.6) is 0 Å². The van der Waals surface area contributed by atoms with Crippen molar-refractivity contribution >= 4 is 0 Å². The summed E-state index contributed by atoms with van der Waals surface area (Å²) in [5.41, 5.74) is 2.98. The van der Waals surface area contributed by atoms with Crippen LogP contribution in [0.15, 0.2) is 53.6 Å². The zero-order chi connectivity index (χ0) is 17.6. The van der Waals surface area contributed by atoms with Crippen LogP contribution in [0.1, 0.15) is 29.7 Å². The Balaban J connectivity index is 1.69. The van der Waals surface area contributed by atoms with Crippen LogP contribution < -0.4 is 10.7 Å². The van der Waals surface area contributed by atoms with E-state index in [0.29, 0.717) is 19.6 Å². The Kier molecular flexibility index (Phi) is 5.40. The number of halogens is 1. The molecule has 0 saturated carbocycles. The monoisotopic (exact) mass is 340 g/mol. The lowest BCUT2D eigenvalue weighted by molar-refractivity contribution is 0.603. The van der Waals surface area contributed by atoms with Gasteiger partial charge in [-0.2, -0.15) is 0 Å². The average Bonchev–Trinajstić information content (AvgIpc) is 2.99. The minimum absolute atomic E-state index is 0.0124. The molecule has 0 radical (unpaired) electrons. The first-order valence-corrected chi connectivity index (χ1v) is 8.31. The highest BCUT2D eigenvalue weighted by Crippen LogP contribution is 2.12. The second kappa shape index (κ2) is 7.90. The number of hydrogen-bond acceptors (Lipinski definition) is 3. The zero-order valence-electron chi connectivity index (χ0n) is 14.1. The molecule has 2 N–H and O–H groups in total. The van der Waals surface area contributed by atoms with Crippen LogP contribution >= 0.6 is 0 Å². The van der Waals surface area contributed by atoms with Crippen LogP contribution in [-0.2, 0) is 26.1 Å². The van der Waals surface area contributed by atoms with Gasteiger partial charge in [-0.1, -0.05) is 19.1 Å². The van der Waals surface area contributed by atoms with Gasteiger partial charge in [-0.05, 0) is 24.1 Å². The average molecular weight is 340 g/mol. The Morgan fingerprint density at radius 2 is 2.00 bits per heavy atom. The first-order valence-electron chi connectivity index (χ1n) is 8.31. The molecule has 25 heavy (non-hydrogen) atoms. The fourth-order valence-electron chi connectivity index (χ4n) is 2.75. The van der Waals surface area contributed by atoms with Crippen molar-refractivity contribution in [2.45, 2.75) is 33.0 Å². The predicted octanol–water partition coefficient (Wildman–Crippen LogP) is 2.61. The number of nitrogens with zero attached hydrogens (tertiary/aromatic N) is 2. The lowest BCUT2D eigenvalue weighted by Crippen LogP contribution is -2.19. The summed E-state index contributed by atoms with van der Waals surface area (Å²) in [7, 11) is 0. The molecule has 0 saturated heterocycles. The van der Waals surface area contributed by atoms with E-state index in [0.717, 1.165) is 29.2 Å². The highest BCUT2D eigenvalue weighted by Gasteiger charge is 2.09. The summed E-state index contributed by atoms with van der Waals surface area (Å²) >= 11 is 0. The molecule has 6 heteroatoms. The van der Waals surface area contributed by atoms with E-state index in [9.17, 15) is 9.18 Å². The third kappa shape index (κ3) is 4.42. The van der Waals surface area contributed by atoms with Crippen molar-refractivity contribution in [1.29, 1.82) is 0 Å². The summed E-state index contributed by atoms with van der Waals surface area (Å²) < 4.78 is 15.2. The number of nitrogens with one attached hydrogen (secondary N) is 2. The predicted molar refractivity (Wildman–Crippen MR) is 94.7 cm³/mol. The van der Waals surface area contributed by atoms with Gasteiger partial charge < -0.3 is 14.9 Å². The van der Waals surface area contributed by atoms with Crippen LogP contribution in [-0.4, -0.2) is 14.5 Å². The Labute approximate surface area is 145 Å². The number of benzene rings is 1. The second-order valence-corrected chi connectivity index (χ2v) is 5.89. The molecule has 0 spiro atoms. The van der Waals surface area contributed by atoms with Crippen molar-refractivity contribution in [3.8, 4) is 0 Å². The molecule has 1 aromatic carbocycles. The summed E-state index contributed by atoms with van der Waals surface area (Å²) in [4.78, 5) is 18.9. The number of rotatable bonds is 7. The van der Waals surface area contributed by atoms with Gasteiger partial charge in [-0.25, -0.2) is 9.37 Å². The van der Waals surface area contributed by atoms with Crippen molar-refractivity contribution in [3.05, 3.63) is 87.6 Å². The normalized spacial score (nSPS) is 11.0. The lowest BCUT2D eigenvalue weighted by atomic mass is 10.2. The zero-order valence-corrected chi connectivity index (χ0v) is 14.1. The quantitative estimate of drug-likeness (QED) is 0.695. The van der Waals surface area contributed by atoms with Gasteiger partial charge >= 0.3 is 0 Å². The third-order valence-electron chi connectivity index (χ3n) is 4.07. The molecule has 0 aliphatic heterocycles. The fourth-order valence-corrected chi connectivity index (χ4v) is 2.75. The molecule has 0 fully saturated rings. The minimum atomic E-state index is -0.233. The molecule has 2 aromatic heterocycles. The molecule has 3 aromatic rings. The van der Waals surface area contributed by atoms with Gasteiger partial charge in [0.15, 0.2) is 5.43 Å². The van der Waals surface area contributed by atoms with Crippen molar-refractivity contribution in [1.82, 2.24) is 19.9 Å². The maximum absolute atomic E-state index is 13.1. The van der Waals surface area contributed by atoms with Crippen molar-refractivity contribution in [2.75, 3.05) is 0 Å². The number of aromatic amines is 1. The van der Waals surface area contributed by atoms with Crippen LogP contribution in [0, 0.1) is 5.82 Å². The molecular weight excluding hydrogens is 319 g/mol. The van der Waals surface area contributed by atoms with E-state index in [4.69, 9.17) is 0 Å². The smallest absolute Gasteiger partial charge is 0.181 e. The minimum Gasteiger partial charge on any atom is -0.364 e. The van der Waals surface area contributed by atoms with Gasteiger partial charge in [0.05, 0.1) is 6.54 Å². The molecule has 0 bridgehead atoms. The van der Waals surface area contributed by atoms with Gasteiger partial charge in [0.1, 0.15) is 11.6 Å². The van der Waals surface area contributed by atoms with E-state index >= 15 is 0 Å². The molecule has 0 aliphatic carbocycles. The standard InChI is InChI=1S/C19H21FN4O/c1-2-17-11-23-19(12-21-10-16-9-18(25)7-8-22-16)24(17)13-14-3-5-15(20)6-4-14/h3-9,11,21H,2,10,12-13H2,1H3,(H,22,25).